The fraction of sp³-hybridized carbons (Fsp3) is 0.263. The lowest BCUT2D eigenvalue weighted by Crippen LogP contribution is -2.28. The van der Waals surface area contributed by atoms with Crippen LogP contribution < -0.4 is 20.1 Å². The number of anilines is 1. The number of nitrogens with one attached hydrogen (secondary N) is 2. The molecule has 0 aliphatic rings. The van der Waals surface area contributed by atoms with E-state index in [9.17, 15) is 22.8 Å². The molecule has 2 aromatic rings. The lowest BCUT2D eigenvalue weighted by Gasteiger charge is -2.13. The van der Waals surface area contributed by atoms with Gasteiger partial charge in [0.1, 0.15) is 11.5 Å². The van der Waals surface area contributed by atoms with Crippen molar-refractivity contribution in [2.45, 2.75) is 12.6 Å². The number of rotatable bonds is 7. The molecule has 0 saturated heterocycles. The van der Waals surface area contributed by atoms with E-state index in [0.717, 1.165) is 6.07 Å². The Labute approximate surface area is 159 Å². The maximum Gasteiger partial charge on any atom is 0.418 e. The molecule has 0 saturated carbocycles. The number of hydrogen-bond donors (Lipinski definition) is 2. The SMILES string of the molecule is COc1cc(OC)cc(C(=O)NCCC(=O)Nc2ccccc2C(F)(F)F)c1. The summed E-state index contributed by atoms with van der Waals surface area (Å²) in [5, 5.41) is 4.75. The normalized spacial score (nSPS) is 10.9. The van der Waals surface area contributed by atoms with Gasteiger partial charge in [0.2, 0.25) is 5.91 Å². The zero-order chi connectivity index (χ0) is 20.7. The molecule has 0 radical (unpaired) electrons. The van der Waals surface area contributed by atoms with Crippen molar-refractivity contribution in [3.63, 3.8) is 0 Å². The van der Waals surface area contributed by atoms with E-state index in [0.29, 0.717) is 11.5 Å². The van der Waals surface area contributed by atoms with Crippen molar-refractivity contribution in [2.75, 3.05) is 26.1 Å². The number of amides is 2. The Morgan fingerprint density at radius 1 is 1.00 bits per heavy atom. The van der Waals surface area contributed by atoms with E-state index < -0.39 is 23.6 Å². The van der Waals surface area contributed by atoms with Crippen LogP contribution in [0.2, 0.25) is 0 Å². The molecule has 0 bridgehead atoms. The van der Waals surface area contributed by atoms with Crippen LogP contribution in [0.4, 0.5) is 18.9 Å². The molecular formula is C19H19F3N2O4. The summed E-state index contributed by atoms with van der Waals surface area (Å²) in [6.45, 7) is -0.0572. The van der Waals surface area contributed by atoms with Gasteiger partial charge in [-0.1, -0.05) is 12.1 Å². The highest BCUT2D eigenvalue weighted by molar-refractivity contribution is 5.96. The third-order valence-corrected chi connectivity index (χ3v) is 3.76. The van der Waals surface area contributed by atoms with Gasteiger partial charge in [-0.2, -0.15) is 13.2 Å². The molecule has 28 heavy (non-hydrogen) atoms. The van der Waals surface area contributed by atoms with E-state index in [1.165, 1.54) is 44.6 Å². The Kier molecular flexibility index (Phi) is 6.86. The number of hydrogen-bond acceptors (Lipinski definition) is 4. The molecule has 2 rings (SSSR count). The number of carbonyl (C=O) groups excluding carboxylic acids is 2. The Balaban J connectivity index is 1.94. The molecule has 0 spiro atoms. The highest BCUT2D eigenvalue weighted by Crippen LogP contribution is 2.34. The molecule has 0 aliphatic heterocycles. The highest BCUT2D eigenvalue weighted by Gasteiger charge is 2.33. The molecule has 150 valence electrons. The van der Waals surface area contributed by atoms with Crippen molar-refractivity contribution in [1.29, 1.82) is 0 Å². The summed E-state index contributed by atoms with van der Waals surface area (Å²) in [5.41, 5.74) is -1.00. The zero-order valence-electron chi connectivity index (χ0n) is 15.2. The van der Waals surface area contributed by atoms with Gasteiger partial charge >= 0.3 is 6.18 Å². The highest BCUT2D eigenvalue weighted by atomic mass is 19.4. The number of alkyl halides is 3. The van der Waals surface area contributed by atoms with Crippen molar-refractivity contribution in [1.82, 2.24) is 5.32 Å². The largest absolute Gasteiger partial charge is 0.497 e. The number of carbonyl (C=O) groups is 2. The molecule has 0 aliphatic carbocycles. The standard InChI is InChI=1S/C19H19F3N2O4/c1-27-13-9-12(10-14(11-13)28-2)18(26)23-8-7-17(25)24-16-6-4-3-5-15(16)19(20,21)22/h3-6,9-11H,7-8H2,1-2H3,(H,23,26)(H,24,25). The lowest BCUT2D eigenvalue weighted by molar-refractivity contribution is -0.137. The average Bonchev–Trinajstić information content (AvgIpc) is 2.66. The van der Waals surface area contributed by atoms with Crippen molar-refractivity contribution in [2.24, 2.45) is 0 Å². The smallest absolute Gasteiger partial charge is 0.418 e. The third-order valence-electron chi connectivity index (χ3n) is 3.76. The van der Waals surface area contributed by atoms with Gasteiger partial charge in [0, 0.05) is 24.6 Å². The van der Waals surface area contributed by atoms with Crippen LogP contribution in [0, 0.1) is 0 Å². The summed E-state index contributed by atoms with van der Waals surface area (Å²) in [5.74, 6) is -0.280. The summed E-state index contributed by atoms with van der Waals surface area (Å²) in [7, 11) is 2.89. The summed E-state index contributed by atoms with van der Waals surface area (Å²) in [6.07, 6.45) is -4.78. The number of halogens is 3. The zero-order valence-corrected chi connectivity index (χ0v) is 15.2. The minimum Gasteiger partial charge on any atom is -0.497 e. The first kappa shape index (κ1) is 21.1. The van der Waals surface area contributed by atoms with Crippen LogP contribution in [0.5, 0.6) is 11.5 Å². The number of para-hydroxylation sites is 1. The van der Waals surface area contributed by atoms with E-state index >= 15 is 0 Å². The van der Waals surface area contributed by atoms with Gasteiger partial charge in [-0.25, -0.2) is 0 Å². The van der Waals surface area contributed by atoms with Crippen molar-refractivity contribution in [3.8, 4) is 11.5 Å². The number of ether oxygens (including phenoxy) is 2. The molecule has 2 amide bonds. The molecule has 6 nitrogen and oxygen atoms in total. The van der Waals surface area contributed by atoms with Crippen LogP contribution in [0.1, 0.15) is 22.3 Å². The molecular weight excluding hydrogens is 377 g/mol. The summed E-state index contributed by atoms with van der Waals surface area (Å²) in [4.78, 5) is 24.1. The van der Waals surface area contributed by atoms with Crippen LogP contribution in [0.3, 0.4) is 0 Å². The van der Waals surface area contributed by atoms with E-state index in [4.69, 9.17) is 9.47 Å². The number of methoxy groups -OCH3 is 2. The van der Waals surface area contributed by atoms with Gasteiger partial charge in [0.25, 0.3) is 5.91 Å². The fourth-order valence-electron chi connectivity index (χ4n) is 2.38. The van der Waals surface area contributed by atoms with E-state index in [1.54, 1.807) is 6.07 Å². The second kappa shape index (κ2) is 9.12. The summed E-state index contributed by atoms with van der Waals surface area (Å²) >= 11 is 0. The maximum absolute atomic E-state index is 12.9. The Morgan fingerprint density at radius 2 is 1.61 bits per heavy atom. The van der Waals surface area contributed by atoms with E-state index in [-0.39, 0.29) is 24.2 Å². The van der Waals surface area contributed by atoms with E-state index in [2.05, 4.69) is 10.6 Å². The Hall–Kier alpha value is -3.23. The van der Waals surface area contributed by atoms with Crippen LogP contribution in [0.15, 0.2) is 42.5 Å². The molecule has 0 atom stereocenters. The molecule has 0 fully saturated rings. The molecule has 0 unspecified atom stereocenters. The second-order valence-corrected chi connectivity index (χ2v) is 5.70. The van der Waals surface area contributed by atoms with Gasteiger partial charge in [-0.3, -0.25) is 9.59 Å². The summed E-state index contributed by atoms with van der Waals surface area (Å²) < 4.78 is 49.0. The molecule has 2 aromatic carbocycles. The van der Waals surface area contributed by atoms with Gasteiger partial charge < -0.3 is 20.1 Å². The number of benzene rings is 2. The molecule has 0 heterocycles. The first-order valence-electron chi connectivity index (χ1n) is 8.22. The third kappa shape index (κ3) is 5.63. The fourth-order valence-corrected chi connectivity index (χ4v) is 2.38. The molecule has 9 heteroatoms. The van der Waals surface area contributed by atoms with Crippen LogP contribution in [-0.2, 0) is 11.0 Å². The van der Waals surface area contributed by atoms with Gasteiger partial charge in [-0.05, 0) is 24.3 Å². The van der Waals surface area contributed by atoms with Gasteiger partial charge in [0.05, 0.1) is 25.5 Å². The molecule has 0 aromatic heterocycles. The Bertz CT molecular complexity index is 831. The Morgan fingerprint density at radius 3 is 2.18 bits per heavy atom. The quantitative estimate of drug-likeness (QED) is 0.751. The van der Waals surface area contributed by atoms with Crippen LogP contribution >= 0.6 is 0 Å². The minimum absolute atomic E-state index is 0.0572. The van der Waals surface area contributed by atoms with Gasteiger partial charge in [0.15, 0.2) is 0 Å². The van der Waals surface area contributed by atoms with E-state index in [1.807, 2.05) is 0 Å². The summed E-state index contributed by atoms with van der Waals surface area (Å²) in [6, 6.07) is 9.27. The predicted molar refractivity (Wildman–Crippen MR) is 96.6 cm³/mol. The molecule has 2 N–H and O–H groups in total. The predicted octanol–water partition coefficient (Wildman–Crippen LogP) is 3.48. The first-order chi connectivity index (χ1) is 13.2. The van der Waals surface area contributed by atoms with Crippen molar-refractivity contribution >= 4 is 17.5 Å². The van der Waals surface area contributed by atoms with Crippen molar-refractivity contribution < 1.29 is 32.2 Å². The van der Waals surface area contributed by atoms with Gasteiger partial charge in [-0.15, -0.1) is 0 Å². The van der Waals surface area contributed by atoms with Crippen LogP contribution in [-0.4, -0.2) is 32.6 Å². The maximum atomic E-state index is 12.9. The topological polar surface area (TPSA) is 76.7 Å². The second-order valence-electron chi connectivity index (χ2n) is 5.70. The lowest BCUT2D eigenvalue weighted by atomic mass is 10.1. The van der Waals surface area contributed by atoms with Crippen LogP contribution in [0.25, 0.3) is 0 Å². The monoisotopic (exact) mass is 396 g/mol. The first-order valence-corrected chi connectivity index (χ1v) is 8.22. The minimum atomic E-state index is -4.58. The van der Waals surface area contributed by atoms with Crippen molar-refractivity contribution in [3.05, 3.63) is 53.6 Å². The average molecular weight is 396 g/mol.